The summed E-state index contributed by atoms with van der Waals surface area (Å²) in [7, 11) is 0. The Balaban J connectivity index is 1.89. The van der Waals surface area contributed by atoms with Crippen LogP contribution in [-0.2, 0) is 13.2 Å². The van der Waals surface area contributed by atoms with Crippen molar-refractivity contribution < 1.29 is 9.47 Å². The first-order valence-corrected chi connectivity index (χ1v) is 12.6. The third-order valence-corrected chi connectivity index (χ3v) is 7.26. The lowest BCUT2D eigenvalue weighted by molar-refractivity contribution is 0.295. The fourth-order valence-corrected chi connectivity index (χ4v) is 4.69. The molecule has 0 aliphatic rings. The van der Waals surface area contributed by atoms with Crippen LogP contribution in [0.1, 0.15) is 95.2 Å². The highest BCUT2D eigenvalue weighted by molar-refractivity contribution is 5.50. The summed E-state index contributed by atoms with van der Waals surface area (Å²) in [6.07, 6.45) is 0. The molecule has 182 valence electrons. The second-order valence-corrected chi connectivity index (χ2v) is 10.4. The average Bonchev–Trinajstić information content (AvgIpc) is 2.77. The predicted octanol–water partition coefficient (Wildman–Crippen LogP) is 8.94. The number of benzene rings is 3. The summed E-state index contributed by atoms with van der Waals surface area (Å²) in [6.45, 7) is 23.2. The highest BCUT2D eigenvalue weighted by atomic mass is 16.5. The second-order valence-electron chi connectivity index (χ2n) is 10.4. The molecule has 34 heavy (non-hydrogen) atoms. The summed E-state index contributed by atoms with van der Waals surface area (Å²) in [6, 6.07) is 13.1. The van der Waals surface area contributed by atoms with E-state index in [1.165, 1.54) is 55.6 Å². The predicted molar refractivity (Wildman–Crippen MR) is 145 cm³/mol. The molecule has 3 aromatic carbocycles. The van der Waals surface area contributed by atoms with Gasteiger partial charge in [-0.2, -0.15) is 0 Å². The quantitative estimate of drug-likeness (QED) is 0.335. The van der Waals surface area contributed by atoms with Crippen LogP contribution < -0.4 is 9.47 Å². The van der Waals surface area contributed by atoms with Crippen molar-refractivity contribution in [2.45, 2.75) is 94.3 Å². The third-order valence-electron chi connectivity index (χ3n) is 7.26. The van der Waals surface area contributed by atoms with Crippen molar-refractivity contribution in [1.29, 1.82) is 0 Å². The van der Waals surface area contributed by atoms with Gasteiger partial charge in [0.15, 0.2) is 0 Å². The second kappa shape index (κ2) is 10.7. The van der Waals surface area contributed by atoms with Crippen molar-refractivity contribution in [2.24, 2.45) is 0 Å². The van der Waals surface area contributed by atoms with Gasteiger partial charge in [0, 0.05) is 0 Å². The zero-order chi connectivity index (χ0) is 25.2. The Morgan fingerprint density at radius 3 is 1.15 bits per heavy atom. The van der Waals surface area contributed by atoms with E-state index in [0.717, 1.165) is 11.5 Å². The Morgan fingerprint density at radius 1 is 0.529 bits per heavy atom. The van der Waals surface area contributed by atoms with E-state index in [-0.39, 0.29) is 0 Å². The Kier molecular flexibility index (Phi) is 8.13. The van der Waals surface area contributed by atoms with E-state index in [1.54, 1.807) is 0 Å². The van der Waals surface area contributed by atoms with Crippen molar-refractivity contribution >= 4 is 0 Å². The molecule has 0 aliphatic heterocycles. The van der Waals surface area contributed by atoms with Gasteiger partial charge in [0.05, 0.1) is 0 Å². The first-order chi connectivity index (χ1) is 16.0. The molecule has 0 N–H and O–H groups in total. The lowest BCUT2D eigenvalue weighted by atomic mass is 9.89. The highest BCUT2D eigenvalue weighted by Crippen LogP contribution is 2.33. The topological polar surface area (TPSA) is 18.5 Å². The molecule has 0 spiro atoms. The van der Waals surface area contributed by atoms with Crippen molar-refractivity contribution in [3.63, 3.8) is 0 Å². The smallest absolute Gasteiger partial charge is 0.123 e. The fraction of sp³-hybridized carbons (Fsp3) is 0.438. The number of hydrogen-bond acceptors (Lipinski definition) is 2. The van der Waals surface area contributed by atoms with Gasteiger partial charge in [-0.1, -0.05) is 52.0 Å². The van der Waals surface area contributed by atoms with E-state index in [2.05, 4.69) is 106 Å². The number of aryl methyl sites for hydroxylation is 2. The number of hydrogen-bond donors (Lipinski definition) is 0. The van der Waals surface area contributed by atoms with Gasteiger partial charge in [-0.3, -0.25) is 0 Å². The Morgan fingerprint density at radius 2 is 0.853 bits per heavy atom. The van der Waals surface area contributed by atoms with Gasteiger partial charge >= 0.3 is 0 Å². The first-order valence-electron chi connectivity index (χ1n) is 12.6. The molecule has 0 bridgehead atoms. The minimum atomic E-state index is 0.429. The minimum absolute atomic E-state index is 0.429. The summed E-state index contributed by atoms with van der Waals surface area (Å²) in [5, 5.41) is 0. The molecule has 0 radical (unpaired) electrons. The van der Waals surface area contributed by atoms with Crippen molar-refractivity contribution in [1.82, 2.24) is 0 Å². The number of rotatable bonds is 8. The minimum Gasteiger partial charge on any atom is -0.489 e. The summed E-state index contributed by atoms with van der Waals surface area (Å²) < 4.78 is 12.9. The lowest BCUT2D eigenvalue weighted by Crippen LogP contribution is -2.11. The van der Waals surface area contributed by atoms with Crippen LogP contribution in [0.3, 0.4) is 0 Å². The van der Waals surface area contributed by atoms with Crippen molar-refractivity contribution in [3.05, 3.63) is 92.0 Å². The lowest BCUT2D eigenvalue weighted by Gasteiger charge is -2.23. The molecule has 0 aromatic heterocycles. The Labute approximate surface area is 207 Å². The van der Waals surface area contributed by atoms with Crippen LogP contribution in [0.15, 0.2) is 36.4 Å². The maximum atomic E-state index is 6.43. The summed E-state index contributed by atoms with van der Waals surface area (Å²) in [5.74, 6) is 2.85. The third kappa shape index (κ3) is 5.49. The molecule has 0 unspecified atom stereocenters. The van der Waals surface area contributed by atoms with Gasteiger partial charge in [0.25, 0.3) is 0 Å². The molecule has 0 heterocycles. The van der Waals surface area contributed by atoms with Crippen LogP contribution in [0.5, 0.6) is 11.5 Å². The van der Waals surface area contributed by atoms with Crippen LogP contribution in [0.4, 0.5) is 0 Å². The van der Waals surface area contributed by atoms with E-state index in [9.17, 15) is 0 Å². The van der Waals surface area contributed by atoms with Gasteiger partial charge in [-0.05, 0) is 121 Å². The van der Waals surface area contributed by atoms with Gasteiger partial charge in [-0.25, -0.2) is 0 Å². The van der Waals surface area contributed by atoms with E-state index < -0.39 is 0 Å². The van der Waals surface area contributed by atoms with Crippen molar-refractivity contribution in [3.8, 4) is 11.5 Å². The van der Waals surface area contributed by atoms with Crippen LogP contribution in [0.2, 0.25) is 0 Å². The monoisotopic (exact) mass is 458 g/mol. The first kappa shape index (κ1) is 25.9. The van der Waals surface area contributed by atoms with Gasteiger partial charge < -0.3 is 9.47 Å². The molecule has 3 aromatic rings. The molecular weight excluding hydrogens is 416 g/mol. The molecule has 3 rings (SSSR count). The zero-order valence-corrected chi connectivity index (χ0v) is 22.8. The molecular formula is C32H42O2. The van der Waals surface area contributed by atoms with Gasteiger partial charge in [0.1, 0.15) is 24.7 Å². The number of ether oxygens (including phenoxy) is 2. The molecule has 0 aliphatic carbocycles. The van der Waals surface area contributed by atoms with Gasteiger partial charge in [-0.15, -0.1) is 0 Å². The van der Waals surface area contributed by atoms with Crippen LogP contribution >= 0.6 is 0 Å². The van der Waals surface area contributed by atoms with E-state index in [0.29, 0.717) is 25.0 Å². The molecule has 0 saturated carbocycles. The SMILES string of the molecule is Cc1ccc(C(C)C)c(OCc2c(C)c(C)c(COc3cc(C)ccc3C(C)C)c(C)c2C)c1. The molecule has 0 fully saturated rings. The summed E-state index contributed by atoms with van der Waals surface area (Å²) >= 11 is 0. The van der Waals surface area contributed by atoms with Crippen molar-refractivity contribution in [2.75, 3.05) is 0 Å². The normalized spacial score (nSPS) is 11.4. The Bertz CT molecular complexity index is 1050. The Hall–Kier alpha value is -2.74. The molecule has 2 nitrogen and oxygen atoms in total. The standard InChI is InChI=1S/C32H42O2/c1-19(2)27-13-11-21(5)15-31(27)33-17-29-23(7)25(9)30(26(10)24(29)8)18-34-32-16-22(6)12-14-28(32)20(3)4/h11-16,19-20H,17-18H2,1-10H3. The van der Waals surface area contributed by atoms with E-state index in [1.807, 2.05) is 0 Å². The molecule has 0 atom stereocenters. The van der Waals surface area contributed by atoms with Gasteiger partial charge in [0.2, 0.25) is 0 Å². The zero-order valence-electron chi connectivity index (χ0n) is 22.8. The molecule has 0 amide bonds. The van der Waals surface area contributed by atoms with Crippen LogP contribution in [0.25, 0.3) is 0 Å². The maximum Gasteiger partial charge on any atom is 0.123 e. The fourth-order valence-electron chi connectivity index (χ4n) is 4.69. The molecule has 0 saturated heterocycles. The largest absolute Gasteiger partial charge is 0.489 e. The average molecular weight is 459 g/mol. The van der Waals surface area contributed by atoms with E-state index in [4.69, 9.17) is 9.47 Å². The highest BCUT2D eigenvalue weighted by Gasteiger charge is 2.18. The summed E-state index contributed by atoms with van der Waals surface area (Å²) in [4.78, 5) is 0. The van der Waals surface area contributed by atoms with E-state index >= 15 is 0 Å². The maximum absolute atomic E-state index is 6.43. The van der Waals surface area contributed by atoms with Crippen LogP contribution in [-0.4, -0.2) is 0 Å². The molecule has 2 heteroatoms. The summed E-state index contributed by atoms with van der Waals surface area (Å²) in [5.41, 5.74) is 12.7. The van der Waals surface area contributed by atoms with Crippen LogP contribution in [0, 0.1) is 41.5 Å².